The van der Waals surface area contributed by atoms with E-state index in [1.165, 1.54) is 12.5 Å². The summed E-state index contributed by atoms with van der Waals surface area (Å²) in [5, 5.41) is 3.14. The zero-order valence-electron chi connectivity index (χ0n) is 10.3. The summed E-state index contributed by atoms with van der Waals surface area (Å²) in [7, 11) is 0. The Balaban J connectivity index is 2.18. The lowest BCUT2D eigenvalue weighted by Gasteiger charge is -2.05. The standard InChI is InChI=1S/C11H17N3O3S/c1-2-18-6-4-12-3-5-17-11(16)9-7-13-8-14-10(9)15/h7-8,12H,2-6H2,1H3,(H,13,14,15). The molecule has 18 heavy (non-hydrogen) atoms. The first-order valence-corrected chi connectivity index (χ1v) is 6.89. The number of aromatic nitrogens is 2. The van der Waals surface area contributed by atoms with Crippen LogP contribution in [0.2, 0.25) is 0 Å². The van der Waals surface area contributed by atoms with Crippen molar-refractivity contribution >= 4 is 17.7 Å². The van der Waals surface area contributed by atoms with Crippen molar-refractivity contribution in [3.05, 3.63) is 28.4 Å². The second-order valence-corrected chi connectivity index (χ2v) is 4.77. The van der Waals surface area contributed by atoms with Crippen LogP contribution in [-0.4, -0.2) is 47.1 Å². The van der Waals surface area contributed by atoms with E-state index in [-0.39, 0.29) is 12.2 Å². The number of rotatable bonds is 8. The van der Waals surface area contributed by atoms with Crippen molar-refractivity contribution in [3.63, 3.8) is 0 Å². The normalized spacial score (nSPS) is 10.3. The van der Waals surface area contributed by atoms with Crippen molar-refractivity contribution in [1.82, 2.24) is 15.3 Å². The van der Waals surface area contributed by atoms with E-state index >= 15 is 0 Å². The van der Waals surface area contributed by atoms with Gasteiger partial charge in [0.15, 0.2) is 0 Å². The monoisotopic (exact) mass is 271 g/mol. The van der Waals surface area contributed by atoms with Crippen LogP contribution < -0.4 is 10.9 Å². The molecule has 6 nitrogen and oxygen atoms in total. The first-order chi connectivity index (χ1) is 8.75. The molecule has 1 rings (SSSR count). The second-order valence-electron chi connectivity index (χ2n) is 3.38. The smallest absolute Gasteiger partial charge is 0.345 e. The number of nitrogens with zero attached hydrogens (tertiary/aromatic N) is 1. The molecule has 0 saturated heterocycles. The van der Waals surface area contributed by atoms with Crippen LogP contribution in [0.1, 0.15) is 17.3 Å². The van der Waals surface area contributed by atoms with Gasteiger partial charge < -0.3 is 15.0 Å². The number of H-pyrrole nitrogens is 1. The minimum absolute atomic E-state index is 0.0703. The Morgan fingerprint density at radius 2 is 2.39 bits per heavy atom. The van der Waals surface area contributed by atoms with Crippen molar-refractivity contribution < 1.29 is 9.53 Å². The summed E-state index contributed by atoms with van der Waals surface area (Å²) < 4.78 is 4.95. The van der Waals surface area contributed by atoms with Gasteiger partial charge in [0.05, 0.1) is 6.33 Å². The summed E-state index contributed by atoms with van der Waals surface area (Å²) in [6, 6.07) is 0. The molecular weight excluding hydrogens is 254 g/mol. The van der Waals surface area contributed by atoms with Gasteiger partial charge in [-0.25, -0.2) is 9.78 Å². The quantitative estimate of drug-likeness (QED) is 0.521. The van der Waals surface area contributed by atoms with Crippen LogP contribution in [0, 0.1) is 0 Å². The summed E-state index contributed by atoms with van der Waals surface area (Å²) in [6.45, 7) is 3.81. The van der Waals surface area contributed by atoms with Gasteiger partial charge in [-0.05, 0) is 5.75 Å². The minimum Gasteiger partial charge on any atom is -0.461 e. The molecule has 0 bridgehead atoms. The fourth-order valence-electron chi connectivity index (χ4n) is 1.20. The van der Waals surface area contributed by atoms with Gasteiger partial charge in [-0.1, -0.05) is 6.92 Å². The Morgan fingerprint density at radius 3 is 3.11 bits per heavy atom. The van der Waals surface area contributed by atoms with Gasteiger partial charge in [-0.2, -0.15) is 11.8 Å². The van der Waals surface area contributed by atoms with Crippen LogP contribution in [-0.2, 0) is 4.74 Å². The number of hydrogen-bond donors (Lipinski definition) is 2. The average Bonchev–Trinajstić information content (AvgIpc) is 2.38. The van der Waals surface area contributed by atoms with Gasteiger partial charge in [-0.15, -0.1) is 0 Å². The number of aromatic amines is 1. The largest absolute Gasteiger partial charge is 0.461 e. The number of esters is 1. The predicted molar refractivity (Wildman–Crippen MR) is 71.0 cm³/mol. The molecule has 100 valence electrons. The van der Waals surface area contributed by atoms with Crippen LogP contribution in [0.3, 0.4) is 0 Å². The molecule has 7 heteroatoms. The van der Waals surface area contributed by atoms with E-state index in [2.05, 4.69) is 22.2 Å². The first-order valence-electron chi connectivity index (χ1n) is 5.74. The zero-order chi connectivity index (χ0) is 13.2. The molecule has 2 N–H and O–H groups in total. The molecule has 0 unspecified atom stereocenters. The fourth-order valence-corrected chi connectivity index (χ4v) is 1.77. The molecule has 0 fully saturated rings. The summed E-state index contributed by atoms with van der Waals surface area (Å²) in [6.07, 6.45) is 2.43. The number of carbonyl (C=O) groups excluding carboxylic acids is 1. The highest BCUT2D eigenvalue weighted by Crippen LogP contribution is 1.95. The van der Waals surface area contributed by atoms with Crippen LogP contribution in [0.25, 0.3) is 0 Å². The Kier molecular flexibility index (Phi) is 7.12. The number of carbonyl (C=O) groups is 1. The zero-order valence-corrected chi connectivity index (χ0v) is 11.1. The summed E-state index contributed by atoms with van der Waals surface area (Å²) in [5.74, 6) is 1.49. The number of nitrogens with one attached hydrogen (secondary N) is 2. The molecule has 0 amide bonds. The summed E-state index contributed by atoms with van der Waals surface area (Å²) in [5.41, 5.74) is -0.554. The van der Waals surface area contributed by atoms with E-state index in [4.69, 9.17) is 4.74 Å². The highest BCUT2D eigenvalue weighted by molar-refractivity contribution is 7.99. The van der Waals surface area contributed by atoms with Gasteiger partial charge in [0, 0.05) is 25.0 Å². The third-order valence-electron chi connectivity index (χ3n) is 2.08. The van der Waals surface area contributed by atoms with E-state index in [1.807, 2.05) is 11.8 Å². The number of hydrogen-bond acceptors (Lipinski definition) is 6. The third-order valence-corrected chi connectivity index (χ3v) is 2.98. The van der Waals surface area contributed by atoms with E-state index in [0.717, 1.165) is 18.1 Å². The van der Waals surface area contributed by atoms with Crippen LogP contribution in [0.15, 0.2) is 17.3 Å². The highest BCUT2D eigenvalue weighted by atomic mass is 32.2. The summed E-state index contributed by atoms with van der Waals surface area (Å²) in [4.78, 5) is 28.7. The van der Waals surface area contributed by atoms with Crippen molar-refractivity contribution in [2.75, 3.05) is 31.2 Å². The molecule has 0 aliphatic heterocycles. The summed E-state index contributed by atoms with van der Waals surface area (Å²) >= 11 is 1.85. The van der Waals surface area contributed by atoms with Crippen LogP contribution >= 0.6 is 11.8 Å². The van der Waals surface area contributed by atoms with E-state index < -0.39 is 11.5 Å². The van der Waals surface area contributed by atoms with Gasteiger partial charge in [0.25, 0.3) is 5.56 Å². The number of ether oxygens (including phenoxy) is 1. The predicted octanol–water partition coefficient (Wildman–Crippen LogP) is 0.269. The Bertz CT molecular complexity index is 422. The SMILES string of the molecule is CCSCCNCCOC(=O)c1cnc[nH]c1=O. The Labute approximate surface area is 110 Å². The lowest BCUT2D eigenvalue weighted by Crippen LogP contribution is -2.25. The minimum atomic E-state index is -0.644. The molecule has 0 atom stereocenters. The van der Waals surface area contributed by atoms with Gasteiger partial charge in [0.2, 0.25) is 0 Å². The molecule has 1 aromatic heterocycles. The van der Waals surface area contributed by atoms with Gasteiger partial charge in [0.1, 0.15) is 12.2 Å². The Hall–Kier alpha value is -1.34. The fraction of sp³-hybridized carbons (Fsp3) is 0.545. The Morgan fingerprint density at radius 1 is 1.56 bits per heavy atom. The molecule has 0 aromatic carbocycles. The van der Waals surface area contributed by atoms with Crippen molar-refractivity contribution in [3.8, 4) is 0 Å². The van der Waals surface area contributed by atoms with Crippen LogP contribution in [0.4, 0.5) is 0 Å². The topological polar surface area (TPSA) is 84.1 Å². The third kappa shape index (κ3) is 5.33. The van der Waals surface area contributed by atoms with Crippen molar-refractivity contribution in [2.24, 2.45) is 0 Å². The lowest BCUT2D eigenvalue weighted by molar-refractivity contribution is 0.0506. The van der Waals surface area contributed by atoms with E-state index in [9.17, 15) is 9.59 Å². The maximum atomic E-state index is 11.5. The molecule has 0 radical (unpaired) electrons. The molecule has 1 aromatic rings. The first kappa shape index (κ1) is 14.7. The van der Waals surface area contributed by atoms with E-state index in [0.29, 0.717) is 6.54 Å². The molecular formula is C11H17N3O3S. The van der Waals surface area contributed by atoms with E-state index in [1.54, 1.807) is 0 Å². The van der Waals surface area contributed by atoms with Gasteiger partial charge >= 0.3 is 5.97 Å². The molecule has 0 saturated carbocycles. The average molecular weight is 271 g/mol. The molecule has 0 spiro atoms. The van der Waals surface area contributed by atoms with Crippen LogP contribution in [0.5, 0.6) is 0 Å². The molecule has 0 aliphatic carbocycles. The number of thioether (sulfide) groups is 1. The highest BCUT2D eigenvalue weighted by Gasteiger charge is 2.11. The maximum Gasteiger partial charge on any atom is 0.345 e. The maximum absolute atomic E-state index is 11.5. The molecule has 1 heterocycles. The lowest BCUT2D eigenvalue weighted by atomic mass is 10.3. The van der Waals surface area contributed by atoms with Gasteiger partial charge in [-0.3, -0.25) is 4.79 Å². The van der Waals surface area contributed by atoms with Crippen molar-refractivity contribution in [1.29, 1.82) is 0 Å². The molecule has 0 aliphatic rings. The second kappa shape index (κ2) is 8.71. The van der Waals surface area contributed by atoms with Crippen molar-refractivity contribution in [2.45, 2.75) is 6.92 Å².